The van der Waals surface area contributed by atoms with Crippen molar-refractivity contribution in [2.75, 3.05) is 19.6 Å². The fourth-order valence-electron chi connectivity index (χ4n) is 3.93. The van der Waals surface area contributed by atoms with Gasteiger partial charge in [-0.15, -0.1) is 0 Å². The molecule has 0 aliphatic rings. The molecule has 1 aromatic rings. The number of aromatic nitrogens is 1. The van der Waals surface area contributed by atoms with Crippen molar-refractivity contribution in [1.29, 1.82) is 0 Å². The average molecular weight is 480 g/mol. The van der Waals surface area contributed by atoms with E-state index in [-0.39, 0.29) is 10.5 Å². The van der Waals surface area contributed by atoms with Gasteiger partial charge in [-0.3, -0.25) is 4.98 Å². The summed E-state index contributed by atoms with van der Waals surface area (Å²) in [4.78, 5) is 20.4. The highest BCUT2D eigenvalue weighted by molar-refractivity contribution is 6.74. The molecule has 0 fully saturated rings. The molecule has 0 aliphatic heterocycles. The van der Waals surface area contributed by atoms with Crippen LogP contribution in [0.3, 0.4) is 0 Å². The van der Waals surface area contributed by atoms with Crippen LogP contribution in [0.4, 0.5) is 4.79 Å². The van der Waals surface area contributed by atoms with Crippen LogP contribution in [0.25, 0.3) is 0 Å². The van der Waals surface area contributed by atoms with Gasteiger partial charge in [-0.05, 0) is 67.2 Å². The fourth-order valence-corrected chi connectivity index (χ4v) is 4.89. The molecule has 0 saturated heterocycles. The van der Waals surface area contributed by atoms with Gasteiger partial charge in [0.1, 0.15) is 0 Å². The number of carboxylic acid groups (broad SMARTS) is 1. The van der Waals surface area contributed by atoms with Crippen LogP contribution in [0.2, 0.25) is 18.1 Å². The molecule has 190 valence electrons. The second-order valence-corrected chi connectivity index (χ2v) is 16.5. The third-order valence-electron chi connectivity index (χ3n) is 7.07. The van der Waals surface area contributed by atoms with Crippen molar-refractivity contribution in [3.8, 4) is 0 Å². The van der Waals surface area contributed by atoms with E-state index < -0.39 is 14.4 Å². The summed E-state index contributed by atoms with van der Waals surface area (Å²) in [5.74, 6) is 0. The normalized spacial score (nSPS) is 13.9. The molecule has 0 aliphatic carbocycles. The van der Waals surface area contributed by atoms with E-state index in [1.54, 1.807) is 6.20 Å². The Hall–Kier alpha value is -1.44. The highest BCUT2D eigenvalue weighted by Crippen LogP contribution is 2.37. The number of hydrogen-bond acceptors (Lipinski definition) is 4. The van der Waals surface area contributed by atoms with E-state index in [2.05, 4.69) is 78.4 Å². The second-order valence-electron chi connectivity index (χ2n) is 11.7. The maximum absolute atomic E-state index is 11.9. The summed E-state index contributed by atoms with van der Waals surface area (Å²) in [5.41, 5.74) is 1.97. The monoisotopic (exact) mass is 479 g/mol. The van der Waals surface area contributed by atoms with Crippen LogP contribution in [0, 0.1) is 5.41 Å². The zero-order valence-electron chi connectivity index (χ0n) is 22.9. The van der Waals surface area contributed by atoms with E-state index in [1.807, 2.05) is 12.1 Å². The molecule has 0 radical (unpaired) electrons. The highest BCUT2D eigenvalue weighted by Gasteiger charge is 2.37. The minimum atomic E-state index is -1.84. The first-order valence-corrected chi connectivity index (χ1v) is 15.3. The third kappa shape index (κ3) is 9.37. The molecule has 0 aromatic carbocycles. The predicted molar refractivity (Wildman–Crippen MR) is 140 cm³/mol. The van der Waals surface area contributed by atoms with Crippen molar-refractivity contribution in [2.24, 2.45) is 5.41 Å². The SMILES string of the molecule is CCN(CC)C(CCCN(Cc1cc(CO[Si](C)(C)C(C)(C)C)ccn1)C(=O)O)C(C)(C)C. The summed E-state index contributed by atoms with van der Waals surface area (Å²) in [6.45, 7) is 25.7. The van der Waals surface area contributed by atoms with Gasteiger partial charge in [0.25, 0.3) is 0 Å². The maximum Gasteiger partial charge on any atom is 0.407 e. The van der Waals surface area contributed by atoms with Gasteiger partial charge in [0.05, 0.1) is 18.8 Å². The molecule has 1 heterocycles. The number of nitrogens with zero attached hydrogens (tertiary/aromatic N) is 3. The topological polar surface area (TPSA) is 65.9 Å². The van der Waals surface area contributed by atoms with Gasteiger partial charge in [-0.2, -0.15) is 0 Å². The minimum absolute atomic E-state index is 0.152. The number of amides is 1. The Morgan fingerprint density at radius 1 is 1.15 bits per heavy atom. The van der Waals surface area contributed by atoms with Crippen molar-refractivity contribution in [2.45, 2.75) is 106 Å². The summed E-state index contributed by atoms with van der Waals surface area (Å²) in [6, 6.07) is 4.37. The molecular formula is C26H49N3O3Si. The van der Waals surface area contributed by atoms with Crippen molar-refractivity contribution in [1.82, 2.24) is 14.8 Å². The predicted octanol–water partition coefficient (Wildman–Crippen LogP) is 6.62. The van der Waals surface area contributed by atoms with Gasteiger partial charge < -0.3 is 19.3 Å². The van der Waals surface area contributed by atoms with E-state index in [1.165, 1.54) is 4.90 Å². The molecule has 0 spiro atoms. The molecule has 1 atom stereocenters. The molecular weight excluding hydrogens is 430 g/mol. The van der Waals surface area contributed by atoms with E-state index in [0.717, 1.165) is 37.2 Å². The van der Waals surface area contributed by atoms with E-state index >= 15 is 0 Å². The number of rotatable bonds is 12. The first-order valence-electron chi connectivity index (χ1n) is 12.4. The molecule has 1 amide bonds. The van der Waals surface area contributed by atoms with Gasteiger partial charge >= 0.3 is 6.09 Å². The molecule has 1 N–H and O–H groups in total. The van der Waals surface area contributed by atoms with Crippen LogP contribution in [-0.2, 0) is 17.6 Å². The number of carbonyl (C=O) groups is 1. The van der Waals surface area contributed by atoms with Crippen LogP contribution in [0.1, 0.15) is 79.5 Å². The highest BCUT2D eigenvalue weighted by atomic mass is 28.4. The Labute approximate surface area is 203 Å². The summed E-state index contributed by atoms with van der Waals surface area (Å²) in [6.07, 6.45) is 2.67. The fraction of sp³-hybridized carbons (Fsp3) is 0.769. The summed E-state index contributed by atoms with van der Waals surface area (Å²) < 4.78 is 6.33. The number of hydrogen-bond donors (Lipinski definition) is 1. The minimum Gasteiger partial charge on any atom is -0.465 e. The largest absolute Gasteiger partial charge is 0.465 e. The average Bonchev–Trinajstić information content (AvgIpc) is 2.69. The van der Waals surface area contributed by atoms with E-state index in [4.69, 9.17) is 4.43 Å². The summed E-state index contributed by atoms with van der Waals surface area (Å²) in [7, 11) is -1.84. The molecule has 1 aromatic heterocycles. The van der Waals surface area contributed by atoms with Crippen LogP contribution < -0.4 is 0 Å². The van der Waals surface area contributed by atoms with E-state index in [9.17, 15) is 9.90 Å². The Morgan fingerprint density at radius 3 is 2.24 bits per heavy atom. The van der Waals surface area contributed by atoms with Crippen molar-refractivity contribution in [3.63, 3.8) is 0 Å². The molecule has 7 heteroatoms. The first-order chi connectivity index (χ1) is 15.1. The van der Waals surface area contributed by atoms with Gasteiger partial charge in [-0.25, -0.2) is 4.79 Å². The maximum atomic E-state index is 11.9. The van der Waals surface area contributed by atoms with Crippen LogP contribution in [-0.4, -0.2) is 60.0 Å². The standard InChI is InChI=1S/C26H49N3O3Si/c1-11-28(12-2)23(25(3,4)5)14-13-17-29(24(30)31)19-22-18-21(15-16-27-22)20-32-33(9,10)26(6,7)8/h15-16,18,23H,11-14,17,19-20H2,1-10H3,(H,30,31). The quantitative estimate of drug-likeness (QED) is 0.341. The molecule has 1 unspecified atom stereocenters. The second kappa shape index (κ2) is 12.3. The van der Waals surface area contributed by atoms with Gasteiger partial charge in [0.2, 0.25) is 0 Å². The smallest absolute Gasteiger partial charge is 0.407 e. The molecule has 0 bridgehead atoms. The lowest BCUT2D eigenvalue weighted by Crippen LogP contribution is -2.44. The van der Waals surface area contributed by atoms with Crippen molar-refractivity contribution >= 4 is 14.4 Å². The number of pyridine rings is 1. The Morgan fingerprint density at radius 2 is 1.76 bits per heavy atom. The van der Waals surface area contributed by atoms with Gasteiger partial charge in [0, 0.05) is 18.8 Å². The lowest BCUT2D eigenvalue weighted by atomic mass is 9.82. The van der Waals surface area contributed by atoms with Crippen molar-refractivity contribution < 1.29 is 14.3 Å². The third-order valence-corrected chi connectivity index (χ3v) is 11.5. The Kier molecular flexibility index (Phi) is 11.0. The van der Waals surface area contributed by atoms with E-state index in [0.29, 0.717) is 25.7 Å². The van der Waals surface area contributed by atoms with Gasteiger partial charge in [-0.1, -0.05) is 55.4 Å². The molecule has 1 rings (SSSR count). The molecule has 0 saturated carbocycles. The van der Waals surface area contributed by atoms with Crippen LogP contribution >= 0.6 is 0 Å². The zero-order valence-corrected chi connectivity index (χ0v) is 23.9. The van der Waals surface area contributed by atoms with Crippen molar-refractivity contribution in [3.05, 3.63) is 29.6 Å². The Bertz CT molecular complexity index is 737. The summed E-state index contributed by atoms with van der Waals surface area (Å²) >= 11 is 0. The first kappa shape index (κ1) is 29.6. The van der Waals surface area contributed by atoms with Crippen LogP contribution in [0.15, 0.2) is 18.3 Å². The molecule has 6 nitrogen and oxygen atoms in total. The zero-order chi connectivity index (χ0) is 25.4. The molecule has 33 heavy (non-hydrogen) atoms. The Balaban J connectivity index is 2.79. The van der Waals surface area contributed by atoms with Crippen LogP contribution in [0.5, 0.6) is 0 Å². The lowest BCUT2D eigenvalue weighted by molar-refractivity contribution is 0.0939. The van der Waals surface area contributed by atoms with Gasteiger partial charge in [0.15, 0.2) is 8.32 Å². The lowest BCUT2D eigenvalue weighted by Gasteiger charge is -2.39. The summed E-state index contributed by atoms with van der Waals surface area (Å²) in [5, 5.41) is 9.95.